The summed E-state index contributed by atoms with van der Waals surface area (Å²) in [6, 6.07) is 15.6. The lowest BCUT2D eigenvalue weighted by Gasteiger charge is -2.13. The molecule has 130 valence electrons. The number of aryl methyl sites for hydroxylation is 1. The third-order valence-corrected chi connectivity index (χ3v) is 3.85. The summed E-state index contributed by atoms with van der Waals surface area (Å²) in [5.41, 5.74) is 8.38. The number of nitrogens with two attached hydrogens (primary N) is 1. The number of halogens is 1. The van der Waals surface area contributed by atoms with Crippen molar-refractivity contribution >= 4 is 35.0 Å². The molecule has 0 aliphatic rings. The highest BCUT2D eigenvalue weighted by Gasteiger charge is 2.14. The van der Waals surface area contributed by atoms with E-state index in [1.54, 1.807) is 12.1 Å². The fourth-order valence-electron chi connectivity index (χ4n) is 2.60. The van der Waals surface area contributed by atoms with Crippen LogP contribution in [0.2, 0.25) is 0 Å². The van der Waals surface area contributed by atoms with Crippen molar-refractivity contribution in [1.29, 1.82) is 0 Å². The maximum atomic E-state index is 12.3. The summed E-state index contributed by atoms with van der Waals surface area (Å²) in [7, 11) is 0. The monoisotopic (exact) mass is 358 g/mol. The van der Waals surface area contributed by atoms with E-state index in [2.05, 4.69) is 5.32 Å². The molecule has 6 heteroatoms. The molecule has 3 N–H and O–H groups in total. The molecule has 5 nitrogen and oxygen atoms in total. The first kappa shape index (κ1) is 18.7. The SMILES string of the molecule is Cc1cc(=O)oc2cc(NC(=O)[C@H](N)Cc3ccccc3)ccc12.Cl. The van der Waals surface area contributed by atoms with Gasteiger partial charge in [0.1, 0.15) is 5.58 Å². The summed E-state index contributed by atoms with van der Waals surface area (Å²) >= 11 is 0. The molecule has 0 bridgehead atoms. The molecule has 0 radical (unpaired) electrons. The fourth-order valence-corrected chi connectivity index (χ4v) is 2.60. The lowest BCUT2D eigenvalue weighted by atomic mass is 10.1. The number of anilines is 1. The van der Waals surface area contributed by atoms with E-state index >= 15 is 0 Å². The summed E-state index contributed by atoms with van der Waals surface area (Å²) in [6.45, 7) is 1.84. The normalized spacial score (nSPS) is 11.6. The van der Waals surface area contributed by atoms with Gasteiger partial charge in [0.15, 0.2) is 0 Å². The van der Waals surface area contributed by atoms with E-state index in [1.807, 2.05) is 43.3 Å². The van der Waals surface area contributed by atoms with Crippen LogP contribution in [0.4, 0.5) is 5.69 Å². The van der Waals surface area contributed by atoms with E-state index < -0.39 is 11.7 Å². The number of fused-ring (bicyclic) bond motifs is 1. The molecule has 2 aromatic carbocycles. The average molecular weight is 359 g/mol. The molecule has 0 fully saturated rings. The van der Waals surface area contributed by atoms with Gasteiger partial charge in [-0.2, -0.15) is 0 Å². The van der Waals surface area contributed by atoms with Gasteiger partial charge in [-0.25, -0.2) is 4.79 Å². The first-order chi connectivity index (χ1) is 11.5. The third-order valence-electron chi connectivity index (χ3n) is 3.85. The highest BCUT2D eigenvalue weighted by Crippen LogP contribution is 2.20. The first-order valence-corrected chi connectivity index (χ1v) is 7.68. The largest absolute Gasteiger partial charge is 0.423 e. The second-order valence-electron chi connectivity index (χ2n) is 5.74. The molecule has 0 saturated carbocycles. The number of hydrogen-bond donors (Lipinski definition) is 2. The van der Waals surface area contributed by atoms with Gasteiger partial charge in [0.2, 0.25) is 5.91 Å². The van der Waals surface area contributed by atoms with Crippen LogP contribution in [-0.4, -0.2) is 11.9 Å². The van der Waals surface area contributed by atoms with Crippen molar-refractivity contribution in [3.63, 3.8) is 0 Å². The van der Waals surface area contributed by atoms with Gasteiger partial charge in [-0.15, -0.1) is 12.4 Å². The predicted octanol–water partition coefficient (Wildman–Crippen LogP) is 3.03. The van der Waals surface area contributed by atoms with Crippen molar-refractivity contribution in [2.75, 3.05) is 5.32 Å². The first-order valence-electron chi connectivity index (χ1n) is 7.68. The second-order valence-corrected chi connectivity index (χ2v) is 5.74. The summed E-state index contributed by atoms with van der Waals surface area (Å²) < 4.78 is 5.18. The molecule has 1 heterocycles. The molecule has 1 atom stereocenters. The quantitative estimate of drug-likeness (QED) is 0.702. The Bertz CT molecular complexity index is 938. The molecule has 1 amide bonds. The van der Waals surface area contributed by atoms with Crippen LogP contribution in [0.25, 0.3) is 11.0 Å². The number of benzene rings is 2. The number of hydrogen-bond acceptors (Lipinski definition) is 4. The number of nitrogens with one attached hydrogen (secondary N) is 1. The van der Waals surface area contributed by atoms with E-state index in [0.717, 1.165) is 16.5 Å². The molecule has 1 aromatic heterocycles. The highest BCUT2D eigenvalue weighted by atomic mass is 35.5. The van der Waals surface area contributed by atoms with Crippen molar-refractivity contribution in [3.05, 3.63) is 76.1 Å². The molecule has 0 aliphatic heterocycles. The Morgan fingerprint density at radius 2 is 1.88 bits per heavy atom. The summed E-state index contributed by atoms with van der Waals surface area (Å²) in [6.07, 6.45) is 0.453. The Morgan fingerprint density at radius 3 is 2.60 bits per heavy atom. The van der Waals surface area contributed by atoms with Crippen LogP contribution in [0.5, 0.6) is 0 Å². The van der Waals surface area contributed by atoms with E-state index in [4.69, 9.17) is 10.2 Å². The number of rotatable bonds is 4. The van der Waals surface area contributed by atoms with Crippen LogP contribution >= 0.6 is 12.4 Å². The van der Waals surface area contributed by atoms with Crippen LogP contribution in [0, 0.1) is 6.92 Å². The molecule has 3 rings (SSSR count). The highest BCUT2D eigenvalue weighted by molar-refractivity contribution is 5.96. The maximum absolute atomic E-state index is 12.3. The molecule has 0 unspecified atom stereocenters. The standard InChI is InChI=1S/C19H18N2O3.ClH/c1-12-9-18(22)24-17-11-14(7-8-15(12)17)21-19(23)16(20)10-13-5-3-2-4-6-13;/h2-9,11,16H,10,20H2,1H3,(H,21,23);1H/t16-;/m1./s1. The lowest BCUT2D eigenvalue weighted by molar-refractivity contribution is -0.117. The van der Waals surface area contributed by atoms with Gasteiger partial charge in [-0.1, -0.05) is 30.3 Å². The van der Waals surface area contributed by atoms with E-state index in [1.165, 1.54) is 6.07 Å². The molecule has 0 aliphatic carbocycles. The molecular formula is C19H19ClN2O3. The maximum Gasteiger partial charge on any atom is 0.336 e. The van der Waals surface area contributed by atoms with Crippen LogP contribution in [-0.2, 0) is 11.2 Å². The van der Waals surface area contributed by atoms with Crippen molar-refractivity contribution in [2.24, 2.45) is 5.73 Å². The number of amides is 1. The van der Waals surface area contributed by atoms with Gasteiger partial charge in [0.05, 0.1) is 6.04 Å². The third kappa shape index (κ3) is 4.47. The number of carbonyl (C=O) groups excluding carboxylic acids is 1. The molecular weight excluding hydrogens is 340 g/mol. The Hall–Kier alpha value is -2.63. The van der Waals surface area contributed by atoms with Gasteiger partial charge in [0.25, 0.3) is 0 Å². The lowest BCUT2D eigenvalue weighted by Crippen LogP contribution is -2.37. The number of carbonyl (C=O) groups is 1. The summed E-state index contributed by atoms with van der Waals surface area (Å²) in [4.78, 5) is 23.7. The minimum Gasteiger partial charge on any atom is -0.423 e. The molecule has 3 aromatic rings. The molecule has 25 heavy (non-hydrogen) atoms. The molecule has 0 spiro atoms. The van der Waals surface area contributed by atoms with E-state index in [9.17, 15) is 9.59 Å². The van der Waals surface area contributed by atoms with Gasteiger partial charge in [-0.05, 0) is 36.6 Å². The van der Waals surface area contributed by atoms with Crippen LogP contribution < -0.4 is 16.7 Å². The van der Waals surface area contributed by atoms with Crippen molar-refractivity contribution in [2.45, 2.75) is 19.4 Å². The Morgan fingerprint density at radius 1 is 1.16 bits per heavy atom. The zero-order chi connectivity index (χ0) is 17.1. The van der Waals surface area contributed by atoms with Gasteiger partial charge in [-0.3, -0.25) is 4.79 Å². The average Bonchev–Trinajstić information content (AvgIpc) is 2.55. The summed E-state index contributed by atoms with van der Waals surface area (Å²) in [5, 5.41) is 3.60. The van der Waals surface area contributed by atoms with Crippen molar-refractivity contribution < 1.29 is 9.21 Å². The van der Waals surface area contributed by atoms with Crippen molar-refractivity contribution in [3.8, 4) is 0 Å². The Kier molecular flexibility index (Phi) is 5.96. The van der Waals surface area contributed by atoms with Gasteiger partial charge >= 0.3 is 5.63 Å². The van der Waals surface area contributed by atoms with Crippen LogP contribution in [0.1, 0.15) is 11.1 Å². The predicted molar refractivity (Wildman–Crippen MR) is 101 cm³/mol. The molecule has 0 saturated heterocycles. The van der Waals surface area contributed by atoms with Crippen LogP contribution in [0.15, 0.2) is 63.8 Å². The van der Waals surface area contributed by atoms with Crippen molar-refractivity contribution in [1.82, 2.24) is 0 Å². The fraction of sp³-hybridized carbons (Fsp3) is 0.158. The van der Waals surface area contributed by atoms with E-state index in [-0.39, 0.29) is 18.3 Å². The smallest absolute Gasteiger partial charge is 0.336 e. The summed E-state index contributed by atoms with van der Waals surface area (Å²) in [5.74, 6) is -0.284. The van der Waals surface area contributed by atoms with Gasteiger partial charge in [0, 0.05) is 23.2 Å². The topological polar surface area (TPSA) is 85.3 Å². The second kappa shape index (κ2) is 7.96. The zero-order valence-corrected chi connectivity index (χ0v) is 14.5. The van der Waals surface area contributed by atoms with Crippen LogP contribution in [0.3, 0.4) is 0 Å². The minimum absolute atomic E-state index is 0. The minimum atomic E-state index is -0.660. The van der Waals surface area contributed by atoms with Gasteiger partial charge < -0.3 is 15.5 Å². The van der Waals surface area contributed by atoms with E-state index in [0.29, 0.717) is 17.7 Å². The zero-order valence-electron chi connectivity index (χ0n) is 13.7. The Balaban J connectivity index is 0.00000225. The Labute approximate surface area is 151 Å².